The van der Waals surface area contributed by atoms with Gasteiger partial charge in [-0.05, 0) is 41.5 Å². The van der Waals surface area contributed by atoms with Gasteiger partial charge in [0.05, 0.1) is 21.0 Å². The molecule has 0 aromatic heterocycles. The number of carbonyl (C=O) groups is 2. The molecule has 0 radical (unpaired) electrons. The van der Waals surface area contributed by atoms with Crippen LogP contribution in [0.3, 0.4) is 0 Å². The van der Waals surface area contributed by atoms with E-state index in [1.54, 1.807) is 36.4 Å². The summed E-state index contributed by atoms with van der Waals surface area (Å²) in [6.07, 6.45) is 0. The third-order valence-electron chi connectivity index (χ3n) is 6.26. The van der Waals surface area contributed by atoms with Crippen molar-refractivity contribution in [1.29, 1.82) is 0 Å². The number of sulfonamides is 1. The lowest BCUT2D eigenvalue weighted by Crippen LogP contribution is -2.13. The van der Waals surface area contributed by atoms with Crippen LogP contribution in [-0.2, 0) is 19.6 Å². The first-order chi connectivity index (χ1) is 18.7. The molecule has 6 rings (SSSR count). The second kappa shape index (κ2) is 8.92. The molecule has 4 aromatic rings. The molecule has 0 saturated carbocycles. The monoisotopic (exact) mass is 540 g/mol. The van der Waals surface area contributed by atoms with Gasteiger partial charge < -0.3 is 9.47 Å². The van der Waals surface area contributed by atoms with E-state index in [-0.39, 0.29) is 27.6 Å². The van der Waals surface area contributed by atoms with Crippen molar-refractivity contribution in [2.24, 2.45) is 0 Å². The zero-order chi connectivity index (χ0) is 27.3. The van der Waals surface area contributed by atoms with Crippen molar-refractivity contribution < 1.29 is 32.4 Å². The van der Waals surface area contributed by atoms with Gasteiger partial charge in [-0.25, -0.2) is 18.0 Å². The van der Waals surface area contributed by atoms with E-state index in [0.717, 1.165) is 6.07 Å². The van der Waals surface area contributed by atoms with E-state index >= 15 is 0 Å². The van der Waals surface area contributed by atoms with E-state index in [1.165, 1.54) is 42.5 Å². The Labute approximate surface area is 220 Å². The van der Waals surface area contributed by atoms with E-state index in [0.29, 0.717) is 32.9 Å². The molecule has 1 N–H and O–H groups in total. The van der Waals surface area contributed by atoms with E-state index in [9.17, 15) is 28.1 Å². The summed E-state index contributed by atoms with van der Waals surface area (Å²) < 4.78 is 38.8. The number of esters is 2. The van der Waals surface area contributed by atoms with E-state index < -0.39 is 26.9 Å². The molecule has 4 aromatic carbocycles. The number of non-ortho nitro benzene ring substituents is 1. The van der Waals surface area contributed by atoms with E-state index in [2.05, 4.69) is 4.72 Å². The highest BCUT2D eigenvalue weighted by Crippen LogP contribution is 2.28. The van der Waals surface area contributed by atoms with Gasteiger partial charge >= 0.3 is 11.9 Å². The van der Waals surface area contributed by atoms with Crippen LogP contribution < -0.4 is 24.6 Å². The lowest BCUT2D eigenvalue weighted by molar-refractivity contribution is -0.385. The second-order valence-corrected chi connectivity index (χ2v) is 10.4. The van der Waals surface area contributed by atoms with Gasteiger partial charge in [-0.15, -0.1) is 0 Å². The van der Waals surface area contributed by atoms with Crippen molar-refractivity contribution in [3.63, 3.8) is 0 Å². The first-order valence-corrected chi connectivity index (χ1v) is 13.0. The first kappa shape index (κ1) is 24.1. The van der Waals surface area contributed by atoms with Crippen molar-refractivity contribution in [1.82, 2.24) is 0 Å². The van der Waals surface area contributed by atoms with Crippen LogP contribution >= 0.6 is 0 Å². The number of nitro benzene ring substituents is 1. The molecule has 0 saturated heterocycles. The van der Waals surface area contributed by atoms with Gasteiger partial charge in [-0.1, -0.05) is 48.5 Å². The fourth-order valence-electron chi connectivity index (χ4n) is 4.48. The summed E-state index contributed by atoms with van der Waals surface area (Å²) in [6.45, 7) is 0. The van der Waals surface area contributed by atoms with Crippen LogP contribution in [0.5, 0.6) is 11.5 Å². The SMILES string of the molecule is O=C1Oc2cc3c(cc2=C1c1ccccc1)OC(=O)C=3c1ccc(NS(=O)(=O)c2cccc([N+](=O)[O-])c2)cc1. The zero-order valence-electron chi connectivity index (χ0n) is 19.8. The van der Waals surface area contributed by atoms with E-state index in [1.807, 2.05) is 6.07 Å². The third-order valence-corrected chi connectivity index (χ3v) is 7.64. The summed E-state index contributed by atoms with van der Waals surface area (Å²) in [7, 11) is -4.10. The summed E-state index contributed by atoms with van der Waals surface area (Å²) in [5.74, 6) is -0.537. The molecule has 0 unspecified atom stereocenters. The lowest BCUT2D eigenvalue weighted by Gasteiger charge is -2.09. The Morgan fingerprint density at radius 3 is 1.82 bits per heavy atom. The van der Waals surface area contributed by atoms with Gasteiger partial charge in [0.2, 0.25) is 0 Å². The Kier molecular flexibility index (Phi) is 5.51. The predicted molar refractivity (Wildman–Crippen MR) is 139 cm³/mol. The molecular formula is C28H16N2O8S. The Morgan fingerprint density at radius 2 is 1.26 bits per heavy atom. The van der Waals surface area contributed by atoms with Gasteiger partial charge in [0.15, 0.2) is 0 Å². The molecule has 0 aliphatic carbocycles. The number of rotatable bonds is 6. The topological polar surface area (TPSA) is 142 Å². The molecule has 11 heteroatoms. The molecule has 0 spiro atoms. The van der Waals surface area contributed by atoms with Crippen LogP contribution in [0.4, 0.5) is 11.4 Å². The summed E-state index contributed by atoms with van der Waals surface area (Å²) >= 11 is 0. The largest absolute Gasteiger partial charge is 0.422 e. The normalized spacial score (nSPS) is 13.9. The van der Waals surface area contributed by atoms with Gasteiger partial charge in [-0.2, -0.15) is 0 Å². The minimum absolute atomic E-state index is 0.183. The smallest absolute Gasteiger partial charge is 0.344 e. The number of anilines is 1. The quantitative estimate of drug-likeness (QED) is 0.170. The number of fused-ring (bicyclic) bond motifs is 2. The first-order valence-electron chi connectivity index (χ1n) is 11.5. The fourth-order valence-corrected chi connectivity index (χ4v) is 5.57. The lowest BCUT2D eigenvalue weighted by atomic mass is 10.0. The Bertz CT molecular complexity index is 1950. The molecule has 39 heavy (non-hydrogen) atoms. The average molecular weight is 541 g/mol. The highest BCUT2D eigenvalue weighted by atomic mass is 32.2. The zero-order valence-corrected chi connectivity index (χ0v) is 20.6. The molecule has 2 aliphatic heterocycles. The van der Waals surface area contributed by atoms with Crippen molar-refractivity contribution in [2.75, 3.05) is 4.72 Å². The molecule has 0 fully saturated rings. The Balaban J connectivity index is 1.36. The predicted octanol–water partition coefficient (Wildman–Crippen LogP) is 2.63. The van der Waals surface area contributed by atoms with Crippen LogP contribution in [0, 0.1) is 10.1 Å². The third kappa shape index (κ3) is 4.20. The highest BCUT2D eigenvalue weighted by Gasteiger charge is 2.30. The van der Waals surface area contributed by atoms with Crippen molar-refractivity contribution in [2.45, 2.75) is 4.90 Å². The van der Waals surface area contributed by atoms with Gasteiger partial charge in [-0.3, -0.25) is 14.8 Å². The number of nitro groups is 1. The number of hydrogen-bond donors (Lipinski definition) is 1. The van der Waals surface area contributed by atoms with Crippen molar-refractivity contribution in [3.05, 3.63) is 123 Å². The molecule has 0 atom stereocenters. The molecule has 0 amide bonds. The summed E-state index contributed by atoms with van der Waals surface area (Å²) in [5, 5.41) is 12.0. The molecule has 2 aliphatic rings. The standard InChI is InChI=1S/C28H16N2O8S/c31-27-25(16-5-2-1-3-6-16)21-14-24-22(15-23(21)37-27)26(28(32)38-24)17-9-11-18(12-10-17)29-39(35,36)20-8-4-7-19(13-20)30(33)34/h1-15,29H. The number of nitrogens with zero attached hydrogens (tertiary/aromatic N) is 1. The van der Waals surface area contributed by atoms with Crippen LogP contribution in [0.25, 0.3) is 11.1 Å². The van der Waals surface area contributed by atoms with Crippen LogP contribution in [0.2, 0.25) is 0 Å². The number of benzene rings is 4. The summed E-state index contributed by atoms with van der Waals surface area (Å²) in [5.41, 5.74) is 1.56. The van der Waals surface area contributed by atoms with Crippen LogP contribution in [0.15, 0.2) is 95.9 Å². The number of nitrogens with one attached hydrogen (secondary N) is 1. The van der Waals surface area contributed by atoms with Gasteiger partial charge in [0, 0.05) is 28.3 Å². The summed E-state index contributed by atoms with van der Waals surface area (Å²) in [6, 6.07) is 22.9. The molecular weight excluding hydrogens is 524 g/mol. The maximum absolute atomic E-state index is 12.8. The molecule has 0 bridgehead atoms. The molecule has 2 heterocycles. The van der Waals surface area contributed by atoms with Crippen molar-refractivity contribution >= 4 is 44.5 Å². The second-order valence-electron chi connectivity index (χ2n) is 8.68. The number of carbonyl (C=O) groups excluding carboxylic acids is 2. The molecule has 10 nitrogen and oxygen atoms in total. The Morgan fingerprint density at radius 1 is 0.692 bits per heavy atom. The minimum Gasteiger partial charge on any atom is -0.422 e. The maximum atomic E-state index is 12.8. The van der Waals surface area contributed by atoms with Crippen molar-refractivity contribution in [3.8, 4) is 11.5 Å². The van der Waals surface area contributed by atoms with Crippen LogP contribution in [0.1, 0.15) is 11.1 Å². The molecule has 192 valence electrons. The number of ether oxygens (including phenoxy) is 2. The van der Waals surface area contributed by atoms with Crippen LogP contribution in [-0.4, -0.2) is 25.3 Å². The number of hydrogen-bond acceptors (Lipinski definition) is 8. The fraction of sp³-hybridized carbons (Fsp3) is 0. The van der Waals surface area contributed by atoms with Gasteiger partial charge in [0.25, 0.3) is 15.7 Å². The minimum atomic E-state index is -4.10. The summed E-state index contributed by atoms with van der Waals surface area (Å²) in [4.78, 5) is 35.5. The highest BCUT2D eigenvalue weighted by molar-refractivity contribution is 7.92. The van der Waals surface area contributed by atoms with Gasteiger partial charge in [0.1, 0.15) is 11.5 Å². The maximum Gasteiger partial charge on any atom is 0.344 e. The van der Waals surface area contributed by atoms with E-state index in [4.69, 9.17) is 9.47 Å². The Hall–Kier alpha value is -5.29. The average Bonchev–Trinajstić information content (AvgIpc) is 3.41.